The van der Waals surface area contributed by atoms with E-state index in [-0.39, 0.29) is 0 Å². The number of carboxylic acid groups (broad SMARTS) is 1. The second-order valence-corrected chi connectivity index (χ2v) is 4.26. The van der Waals surface area contributed by atoms with Crippen molar-refractivity contribution >= 4 is 5.97 Å². The zero-order chi connectivity index (χ0) is 10.6. The van der Waals surface area contributed by atoms with E-state index < -0.39 is 12.0 Å². The topological polar surface area (TPSA) is 66.6 Å². The molecule has 0 spiro atoms. The fraction of sp³-hybridized carbons (Fsp3) is 0.900. The summed E-state index contributed by atoms with van der Waals surface area (Å²) in [4.78, 5) is 12.8. The van der Waals surface area contributed by atoms with Crippen LogP contribution in [0.3, 0.4) is 0 Å². The van der Waals surface area contributed by atoms with Gasteiger partial charge in [-0.25, -0.2) is 0 Å². The van der Waals surface area contributed by atoms with E-state index in [1.807, 2.05) is 0 Å². The molecule has 14 heavy (non-hydrogen) atoms. The van der Waals surface area contributed by atoms with Crippen molar-refractivity contribution in [2.24, 2.45) is 11.7 Å². The van der Waals surface area contributed by atoms with Gasteiger partial charge in [0.15, 0.2) is 0 Å². The highest BCUT2D eigenvalue weighted by atomic mass is 16.4. The molecule has 0 bridgehead atoms. The molecule has 0 radical (unpaired) electrons. The molecule has 0 amide bonds. The van der Waals surface area contributed by atoms with Crippen LogP contribution in [-0.4, -0.2) is 41.7 Å². The van der Waals surface area contributed by atoms with Gasteiger partial charge in [-0.2, -0.15) is 0 Å². The molecule has 4 heteroatoms. The van der Waals surface area contributed by atoms with Crippen LogP contribution in [0, 0.1) is 5.92 Å². The minimum atomic E-state index is -0.893. The van der Waals surface area contributed by atoms with Crippen LogP contribution < -0.4 is 5.73 Å². The minimum Gasteiger partial charge on any atom is -0.480 e. The Labute approximate surface area is 85.1 Å². The van der Waals surface area contributed by atoms with Gasteiger partial charge in [-0.3, -0.25) is 4.79 Å². The molecule has 1 atom stereocenters. The normalized spacial score (nSPS) is 22.1. The third-order valence-electron chi connectivity index (χ3n) is 2.95. The summed E-state index contributed by atoms with van der Waals surface area (Å²) in [5.41, 5.74) is 5.43. The van der Waals surface area contributed by atoms with E-state index in [1.54, 1.807) is 0 Å². The lowest BCUT2D eigenvalue weighted by Crippen LogP contribution is -2.38. The molecule has 1 unspecified atom stereocenters. The molecular weight excluding hydrogens is 180 g/mol. The maximum Gasteiger partial charge on any atom is 0.320 e. The van der Waals surface area contributed by atoms with Crippen LogP contribution in [0.5, 0.6) is 0 Å². The molecule has 0 saturated carbocycles. The Morgan fingerprint density at radius 2 is 2.14 bits per heavy atom. The predicted molar refractivity (Wildman–Crippen MR) is 55.1 cm³/mol. The quantitative estimate of drug-likeness (QED) is 0.694. The summed E-state index contributed by atoms with van der Waals surface area (Å²) in [5, 5.41) is 8.61. The number of nitrogens with zero attached hydrogens (tertiary/aromatic N) is 1. The Balaban J connectivity index is 2.16. The highest BCUT2D eigenvalue weighted by Crippen LogP contribution is 2.15. The molecule has 1 fully saturated rings. The molecule has 1 aliphatic rings. The number of likely N-dealkylation sites (tertiary alicyclic amines) is 1. The summed E-state index contributed by atoms with van der Waals surface area (Å²) in [5.74, 6) is -0.0743. The summed E-state index contributed by atoms with van der Waals surface area (Å²) < 4.78 is 0. The molecule has 1 heterocycles. The lowest BCUT2D eigenvalue weighted by Gasteiger charge is -2.30. The van der Waals surface area contributed by atoms with Crippen LogP contribution in [0.1, 0.15) is 26.2 Å². The van der Waals surface area contributed by atoms with Crippen molar-refractivity contribution in [1.29, 1.82) is 0 Å². The molecule has 0 aromatic heterocycles. The third kappa shape index (κ3) is 3.64. The Morgan fingerprint density at radius 3 is 2.64 bits per heavy atom. The molecule has 1 saturated heterocycles. The fourth-order valence-corrected chi connectivity index (χ4v) is 1.73. The number of hydrogen-bond acceptors (Lipinski definition) is 3. The minimum absolute atomic E-state index is 0.559. The number of aliphatic carboxylic acids is 1. The van der Waals surface area contributed by atoms with Gasteiger partial charge in [0.1, 0.15) is 6.04 Å². The Kier molecular flexibility index (Phi) is 4.35. The molecule has 4 nitrogen and oxygen atoms in total. The van der Waals surface area contributed by atoms with Crippen molar-refractivity contribution in [3.05, 3.63) is 0 Å². The first-order chi connectivity index (χ1) is 6.59. The molecule has 82 valence electrons. The first-order valence-electron chi connectivity index (χ1n) is 5.30. The zero-order valence-corrected chi connectivity index (χ0v) is 8.78. The van der Waals surface area contributed by atoms with Crippen LogP contribution in [0.2, 0.25) is 0 Å². The van der Waals surface area contributed by atoms with E-state index in [0.29, 0.717) is 6.42 Å². The van der Waals surface area contributed by atoms with E-state index in [4.69, 9.17) is 10.8 Å². The van der Waals surface area contributed by atoms with Gasteiger partial charge in [0, 0.05) is 6.54 Å². The van der Waals surface area contributed by atoms with E-state index in [9.17, 15) is 4.79 Å². The van der Waals surface area contributed by atoms with E-state index in [1.165, 1.54) is 12.8 Å². The highest BCUT2D eigenvalue weighted by Gasteiger charge is 2.17. The molecule has 0 aromatic carbocycles. The SMILES string of the molecule is CC1CCN(CCC(N)C(=O)O)CC1. The first-order valence-corrected chi connectivity index (χ1v) is 5.30. The fourth-order valence-electron chi connectivity index (χ4n) is 1.73. The second-order valence-electron chi connectivity index (χ2n) is 4.26. The lowest BCUT2D eigenvalue weighted by molar-refractivity contribution is -0.138. The van der Waals surface area contributed by atoms with Crippen molar-refractivity contribution in [2.75, 3.05) is 19.6 Å². The van der Waals surface area contributed by atoms with Gasteiger partial charge < -0.3 is 15.7 Å². The molecule has 1 rings (SSSR count). The smallest absolute Gasteiger partial charge is 0.320 e. The average molecular weight is 200 g/mol. The lowest BCUT2D eigenvalue weighted by atomic mass is 9.99. The number of hydrogen-bond donors (Lipinski definition) is 2. The monoisotopic (exact) mass is 200 g/mol. The standard InChI is InChI=1S/C10H20N2O2/c1-8-2-5-12(6-3-8)7-4-9(11)10(13)14/h8-9H,2-7,11H2,1H3,(H,13,14). The van der Waals surface area contributed by atoms with Crippen LogP contribution >= 0.6 is 0 Å². The first kappa shape index (κ1) is 11.5. The predicted octanol–water partition coefficient (Wildman–Crippen LogP) is 0.520. The molecule has 3 N–H and O–H groups in total. The van der Waals surface area contributed by atoms with Gasteiger partial charge in [0.2, 0.25) is 0 Å². The van der Waals surface area contributed by atoms with Crippen LogP contribution in [0.15, 0.2) is 0 Å². The molecule has 0 aliphatic carbocycles. The molecular formula is C10H20N2O2. The van der Waals surface area contributed by atoms with Crippen molar-refractivity contribution in [1.82, 2.24) is 4.90 Å². The van der Waals surface area contributed by atoms with Crippen LogP contribution in [0.25, 0.3) is 0 Å². The van der Waals surface area contributed by atoms with Crippen molar-refractivity contribution < 1.29 is 9.90 Å². The van der Waals surface area contributed by atoms with Gasteiger partial charge in [-0.15, -0.1) is 0 Å². The molecule has 1 aliphatic heterocycles. The summed E-state index contributed by atoms with van der Waals surface area (Å²) in [6.45, 7) is 5.27. The largest absolute Gasteiger partial charge is 0.480 e. The number of nitrogens with two attached hydrogens (primary N) is 1. The van der Waals surface area contributed by atoms with E-state index in [2.05, 4.69) is 11.8 Å². The average Bonchev–Trinajstić information content (AvgIpc) is 2.16. The highest BCUT2D eigenvalue weighted by molar-refractivity contribution is 5.72. The Bertz CT molecular complexity index is 189. The summed E-state index contributed by atoms with van der Waals surface area (Å²) in [7, 11) is 0. The van der Waals surface area contributed by atoms with Gasteiger partial charge in [0.05, 0.1) is 0 Å². The summed E-state index contributed by atoms with van der Waals surface area (Å²) >= 11 is 0. The van der Waals surface area contributed by atoms with Crippen LogP contribution in [0.4, 0.5) is 0 Å². The maximum atomic E-state index is 10.5. The zero-order valence-electron chi connectivity index (χ0n) is 8.78. The molecule has 0 aromatic rings. The van der Waals surface area contributed by atoms with Gasteiger partial charge in [0.25, 0.3) is 0 Å². The van der Waals surface area contributed by atoms with Gasteiger partial charge in [-0.1, -0.05) is 6.92 Å². The second kappa shape index (κ2) is 5.32. The maximum absolute atomic E-state index is 10.5. The van der Waals surface area contributed by atoms with Crippen LogP contribution in [-0.2, 0) is 4.79 Å². The van der Waals surface area contributed by atoms with Crippen molar-refractivity contribution in [3.8, 4) is 0 Å². The summed E-state index contributed by atoms with van der Waals surface area (Å²) in [6.07, 6.45) is 3.01. The van der Waals surface area contributed by atoms with Crippen molar-refractivity contribution in [2.45, 2.75) is 32.2 Å². The summed E-state index contributed by atoms with van der Waals surface area (Å²) in [6, 6.07) is -0.700. The van der Waals surface area contributed by atoms with E-state index >= 15 is 0 Å². The third-order valence-corrected chi connectivity index (χ3v) is 2.95. The number of piperidine rings is 1. The van der Waals surface area contributed by atoms with E-state index in [0.717, 1.165) is 25.6 Å². The van der Waals surface area contributed by atoms with Crippen molar-refractivity contribution in [3.63, 3.8) is 0 Å². The Hall–Kier alpha value is -0.610. The number of rotatable bonds is 4. The number of carbonyl (C=O) groups is 1. The Morgan fingerprint density at radius 1 is 1.57 bits per heavy atom. The van der Waals surface area contributed by atoms with Gasteiger partial charge in [-0.05, 0) is 38.3 Å². The number of carboxylic acids is 1. The van der Waals surface area contributed by atoms with Gasteiger partial charge >= 0.3 is 5.97 Å².